The number of rotatable bonds is 5. The zero-order chi connectivity index (χ0) is 18.0. The minimum absolute atomic E-state index is 0.241. The van der Waals surface area contributed by atoms with Crippen molar-refractivity contribution in [3.63, 3.8) is 0 Å². The number of hydrogen-bond donors (Lipinski definition) is 3. The molecule has 0 radical (unpaired) electrons. The zero-order valence-electron chi connectivity index (χ0n) is 13.0. The third-order valence-electron chi connectivity index (χ3n) is 3.97. The van der Waals surface area contributed by atoms with E-state index in [4.69, 9.17) is 0 Å². The van der Waals surface area contributed by atoms with Crippen LogP contribution in [-0.4, -0.2) is 28.6 Å². The predicted octanol–water partition coefficient (Wildman–Crippen LogP) is 2.92. The van der Waals surface area contributed by atoms with Gasteiger partial charge in [0.25, 0.3) is 5.91 Å². The van der Waals surface area contributed by atoms with Crippen LogP contribution in [0.2, 0.25) is 0 Å². The lowest BCUT2D eigenvalue weighted by Crippen LogP contribution is -2.40. The van der Waals surface area contributed by atoms with Crippen molar-refractivity contribution >= 4 is 16.8 Å². The van der Waals surface area contributed by atoms with Gasteiger partial charge in [0.05, 0.1) is 12.6 Å². The smallest absolute Gasteiger partial charge is 0.257 e. The summed E-state index contributed by atoms with van der Waals surface area (Å²) in [6.07, 6.45) is 1.98. The van der Waals surface area contributed by atoms with Crippen LogP contribution in [0, 0.1) is 17.5 Å². The van der Waals surface area contributed by atoms with Crippen LogP contribution in [0.25, 0.3) is 10.9 Å². The van der Waals surface area contributed by atoms with Gasteiger partial charge in [-0.25, -0.2) is 13.2 Å². The van der Waals surface area contributed by atoms with Crippen LogP contribution < -0.4 is 5.32 Å². The van der Waals surface area contributed by atoms with Crippen LogP contribution in [0.15, 0.2) is 42.6 Å². The fourth-order valence-electron chi connectivity index (χ4n) is 2.72. The van der Waals surface area contributed by atoms with E-state index < -0.39 is 41.6 Å². The number of benzene rings is 2. The van der Waals surface area contributed by atoms with E-state index in [1.54, 1.807) is 6.20 Å². The van der Waals surface area contributed by atoms with Gasteiger partial charge in [-0.1, -0.05) is 18.2 Å². The summed E-state index contributed by atoms with van der Waals surface area (Å²) in [5.41, 5.74) is 0.718. The molecule has 7 heteroatoms. The molecule has 25 heavy (non-hydrogen) atoms. The lowest BCUT2D eigenvalue weighted by atomic mass is 10.0. The van der Waals surface area contributed by atoms with Crippen LogP contribution in [0.3, 0.4) is 0 Å². The molecule has 4 nitrogen and oxygen atoms in total. The highest BCUT2D eigenvalue weighted by Crippen LogP contribution is 2.20. The molecule has 0 aliphatic rings. The number of halogens is 3. The summed E-state index contributed by atoms with van der Waals surface area (Å²) in [5, 5.41) is 12.8. The summed E-state index contributed by atoms with van der Waals surface area (Å²) < 4.78 is 40.6. The molecule has 1 atom stereocenters. The van der Waals surface area contributed by atoms with Crippen molar-refractivity contribution in [1.29, 1.82) is 0 Å². The van der Waals surface area contributed by atoms with E-state index in [2.05, 4.69) is 10.3 Å². The van der Waals surface area contributed by atoms with Crippen molar-refractivity contribution in [3.05, 3.63) is 71.2 Å². The molecular formula is C18H15F3N2O2. The van der Waals surface area contributed by atoms with Crippen LogP contribution in [0.5, 0.6) is 0 Å². The highest BCUT2D eigenvalue weighted by molar-refractivity contribution is 5.95. The second-order valence-electron chi connectivity index (χ2n) is 5.63. The third kappa shape index (κ3) is 3.36. The Morgan fingerprint density at radius 2 is 1.84 bits per heavy atom. The van der Waals surface area contributed by atoms with Gasteiger partial charge in [-0.3, -0.25) is 4.79 Å². The average Bonchev–Trinajstić information content (AvgIpc) is 3.01. The summed E-state index contributed by atoms with van der Waals surface area (Å²) in [5.74, 6) is -5.15. The molecule has 0 unspecified atom stereocenters. The SMILES string of the molecule is O=C(N[C@@H](CO)Cc1c[nH]c2ccccc12)c1c(F)ccc(F)c1F. The Hall–Kier alpha value is -2.80. The molecule has 0 spiro atoms. The first-order valence-electron chi connectivity index (χ1n) is 7.61. The van der Waals surface area contributed by atoms with Gasteiger partial charge in [0, 0.05) is 17.1 Å². The molecule has 1 heterocycles. The lowest BCUT2D eigenvalue weighted by molar-refractivity contribution is 0.0907. The summed E-state index contributed by atoms with van der Waals surface area (Å²) in [4.78, 5) is 15.2. The summed E-state index contributed by atoms with van der Waals surface area (Å²) in [6, 6.07) is 7.98. The van der Waals surface area contributed by atoms with Gasteiger partial charge in [-0.05, 0) is 30.2 Å². The molecule has 1 amide bonds. The molecule has 0 saturated carbocycles. The van der Waals surface area contributed by atoms with Crippen molar-refractivity contribution in [2.45, 2.75) is 12.5 Å². The minimum Gasteiger partial charge on any atom is -0.394 e. The molecule has 1 aromatic heterocycles. The van der Waals surface area contributed by atoms with Gasteiger partial charge in [-0.15, -0.1) is 0 Å². The fourth-order valence-corrected chi connectivity index (χ4v) is 2.72. The molecule has 0 aliphatic carbocycles. The molecule has 130 valence electrons. The number of amides is 1. The van der Waals surface area contributed by atoms with Gasteiger partial charge < -0.3 is 15.4 Å². The molecule has 2 aromatic carbocycles. The Morgan fingerprint density at radius 1 is 1.12 bits per heavy atom. The van der Waals surface area contributed by atoms with E-state index in [9.17, 15) is 23.1 Å². The first kappa shape index (κ1) is 17.0. The number of aliphatic hydroxyl groups excluding tert-OH is 1. The van der Waals surface area contributed by atoms with Gasteiger partial charge >= 0.3 is 0 Å². The van der Waals surface area contributed by atoms with Crippen molar-refractivity contribution < 1.29 is 23.1 Å². The monoisotopic (exact) mass is 348 g/mol. The maximum atomic E-state index is 13.7. The van der Waals surface area contributed by atoms with Crippen molar-refractivity contribution in [2.24, 2.45) is 0 Å². The maximum Gasteiger partial charge on any atom is 0.257 e. The molecule has 0 aliphatic heterocycles. The van der Waals surface area contributed by atoms with E-state index in [0.29, 0.717) is 12.1 Å². The summed E-state index contributed by atoms with van der Waals surface area (Å²) in [7, 11) is 0. The highest BCUT2D eigenvalue weighted by atomic mass is 19.2. The van der Waals surface area contributed by atoms with Crippen LogP contribution >= 0.6 is 0 Å². The number of fused-ring (bicyclic) bond motifs is 1. The minimum atomic E-state index is -1.55. The standard InChI is InChI=1S/C18H15F3N2O2/c19-13-5-6-14(20)17(21)16(13)18(25)23-11(9-24)7-10-8-22-15-4-2-1-3-12(10)15/h1-6,8,11,22,24H,7,9H2,(H,23,25)/t11-/m1/s1. The third-order valence-corrected chi connectivity index (χ3v) is 3.97. The van der Waals surface area contributed by atoms with Gasteiger partial charge in [0.15, 0.2) is 11.6 Å². The number of para-hydroxylation sites is 1. The van der Waals surface area contributed by atoms with E-state index in [0.717, 1.165) is 16.5 Å². The van der Waals surface area contributed by atoms with Crippen LogP contribution in [0.1, 0.15) is 15.9 Å². The first-order valence-corrected chi connectivity index (χ1v) is 7.61. The Kier molecular flexibility index (Phi) is 4.76. The zero-order valence-corrected chi connectivity index (χ0v) is 13.0. The van der Waals surface area contributed by atoms with Crippen molar-refractivity contribution in [2.75, 3.05) is 6.61 Å². The number of aromatic nitrogens is 1. The van der Waals surface area contributed by atoms with E-state index in [1.165, 1.54) is 0 Å². The topological polar surface area (TPSA) is 65.1 Å². The second kappa shape index (κ2) is 6.98. The summed E-state index contributed by atoms with van der Waals surface area (Å²) in [6.45, 7) is -0.441. The molecular weight excluding hydrogens is 333 g/mol. The van der Waals surface area contributed by atoms with Gasteiger partial charge in [0.1, 0.15) is 11.4 Å². The predicted molar refractivity (Wildman–Crippen MR) is 86.7 cm³/mol. The number of aromatic amines is 1. The molecule has 0 bridgehead atoms. The number of carbonyl (C=O) groups excluding carboxylic acids is 1. The van der Waals surface area contributed by atoms with E-state index >= 15 is 0 Å². The Morgan fingerprint density at radius 3 is 2.60 bits per heavy atom. The van der Waals surface area contributed by atoms with Crippen molar-refractivity contribution in [3.8, 4) is 0 Å². The molecule has 0 fully saturated rings. The second-order valence-corrected chi connectivity index (χ2v) is 5.63. The molecule has 3 aromatic rings. The molecule has 3 rings (SSSR count). The highest BCUT2D eigenvalue weighted by Gasteiger charge is 2.23. The lowest BCUT2D eigenvalue weighted by Gasteiger charge is -2.16. The first-order chi connectivity index (χ1) is 12.0. The normalized spacial score (nSPS) is 12.3. The number of nitrogens with one attached hydrogen (secondary N) is 2. The largest absolute Gasteiger partial charge is 0.394 e. The van der Waals surface area contributed by atoms with Gasteiger partial charge in [0.2, 0.25) is 0 Å². The van der Waals surface area contributed by atoms with E-state index in [-0.39, 0.29) is 6.42 Å². The van der Waals surface area contributed by atoms with E-state index in [1.807, 2.05) is 24.3 Å². The summed E-state index contributed by atoms with van der Waals surface area (Å²) >= 11 is 0. The average molecular weight is 348 g/mol. The van der Waals surface area contributed by atoms with Crippen LogP contribution in [0.4, 0.5) is 13.2 Å². The quantitative estimate of drug-likeness (QED) is 0.621. The Balaban J connectivity index is 1.81. The van der Waals surface area contributed by atoms with Crippen molar-refractivity contribution in [1.82, 2.24) is 10.3 Å². The van der Waals surface area contributed by atoms with Crippen LogP contribution in [-0.2, 0) is 6.42 Å². The fraction of sp³-hybridized carbons (Fsp3) is 0.167. The maximum absolute atomic E-state index is 13.7. The molecule has 0 saturated heterocycles. The van der Waals surface area contributed by atoms with Gasteiger partial charge in [-0.2, -0.15) is 0 Å². The Labute approximate surface area is 141 Å². The number of aliphatic hydroxyl groups is 1. The number of carbonyl (C=O) groups is 1. The Bertz CT molecular complexity index is 924. The molecule has 3 N–H and O–H groups in total. The number of H-pyrrole nitrogens is 1. The number of hydrogen-bond acceptors (Lipinski definition) is 2.